The number of hydrogen-bond acceptors (Lipinski definition) is 4. The number of carbonyl (C=O) groups excluding carboxylic acids is 1. The number of halogens is 4. The van der Waals surface area contributed by atoms with Crippen molar-refractivity contribution in [3.05, 3.63) is 35.9 Å². The standard InChI is InChI=1S/C20H20ClF3N4O2/c21-17-25-11-28(27-17)19-8-12-5-13(9-19)7-18(6-12,10-19)16(29)26-14-1-3-15(4-2-14)30-20(22,23)24/h1-4,11-13H,5-10H2,(H,26,29)/t12-,13+,18?,19?. The molecule has 0 aliphatic heterocycles. The Hall–Kier alpha value is -2.29. The van der Waals surface area contributed by atoms with Gasteiger partial charge in [-0.05, 0) is 86.2 Å². The fourth-order valence-electron chi connectivity index (χ4n) is 6.22. The molecule has 4 fully saturated rings. The second-order valence-electron chi connectivity index (χ2n) is 8.95. The highest BCUT2D eigenvalue weighted by Crippen LogP contribution is 2.64. The summed E-state index contributed by atoms with van der Waals surface area (Å²) in [5.74, 6) is 0.457. The largest absolute Gasteiger partial charge is 0.573 e. The van der Waals surface area contributed by atoms with Crippen molar-refractivity contribution in [1.82, 2.24) is 14.8 Å². The van der Waals surface area contributed by atoms with Crippen LogP contribution in [0.2, 0.25) is 5.28 Å². The molecule has 4 saturated carbocycles. The van der Waals surface area contributed by atoms with E-state index in [-0.39, 0.29) is 22.5 Å². The highest BCUT2D eigenvalue weighted by molar-refractivity contribution is 6.28. The van der Waals surface area contributed by atoms with Crippen molar-refractivity contribution in [3.8, 4) is 5.75 Å². The molecule has 0 saturated heterocycles. The number of alkyl halides is 3. The summed E-state index contributed by atoms with van der Waals surface area (Å²) in [6.07, 6.45) is 2.23. The Balaban J connectivity index is 1.37. The van der Waals surface area contributed by atoms with Gasteiger partial charge in [0.05, 0.1) is 11.0 Å². The number of ether oxygens (including phenoxy) is 1. The number of aromatic nitrogens is 3. The molecule has 4 atom stereocenters. The maximum absolute atomic E-state index is 13.4. The van der Waals surface area contributed by atoms with Gasteiger partial charge in [-0.25, -0.2) is 9.67 Å². The van der Waals surface area contributed by atoms with Crippen LogP contribution >= 0.6 is 11.6 Å². The van der Waals surface area contributed by atoms with E-state index in [1.165, 1.54) is 24.3 Å². The average Bonchev–Trinajstić information content (AvgIpc) is 3.08. The predicted octanol–water partition coefficient (Wildman–Crippen LogP) is 4.76. The molecule has 160 valence electrons. The Morgan fingerprint density at radius 3 is 2.40 bits per heavy atom. The van der Waals surface area contributed by atoms with Gasteiger partial charge in [0.15, 0.2) is 0 Å². The molecular weight excluding hydrogens is 421 g/mol. The van der Waals surface area contributed by atoms with Crippen LogP contribution in [0, 0.1) is 17.3 Å². The number of hydrogen-bond donors (Lipinski definition) is 1. The first kappa shape index (κ1) is 19.7. The van der Waals surface area contributed by atoms with E-state index < -0.39 is 11.8 Å². The van der Waals surface area contributed by atoms with Crippen LogP contribution in [0.1, 0.15) is 38.5 Å². The zero-order valence-electron chi connectivity index (χ0n) is 16.0. The normalized spacial score (nSPS) is 32.3. The second kappa shape index (κ2) is 6.60. The number of rotatable bonds is 4. The first-order valence-corrected chi connectivity index (χ1v) is 10.3. The summed E-state index contributed by atoms with van der Waals surface area (Å²) in [6, 6.07) is 5.24. The number of benzene rings is 1. The topological polar surface area (TPSA) is 69.0 Å². The van der Waals surface area contributed by atoms with Crippen molar-refractivity contribution in [1.29, 1.82) is 0 Å². The Bertz CT molecular complexity index is 961. The summed E-state index contributed by atoms with van der Waals surface area (Å²) in [7, 11) is 0. The number of carbonyl (C=O) groups is 1. The smallest absolute Gasteiger partial charge is 0.406 e. The molecule has 6 nitrogen and oxygen atoms in total. The van der Waals surface area contributed by atoms with Crippen LogP contribution in [0.15, 0.2) is 30.6 Å². The molecule has 30 heavy (non-hydrogen) atoms. The molecule has 4 bridgehead atoms. The van der Waals surface area contributed by atoms with E-state index in [2.05, 4.69) is 20.1 Å². The van der Waals surface area contributed by atoms with Gasteiger partial charge >= 0.3 is 6.36 Å². The molecule has 4 aliphatic rings. The van der Waals surface area contributed by atoms with Crippen molar-refractivity contribution in [2.45, 2.75) is 50.4 Å². The summed E-state index contributed by atoms with van der Waals surface area (Å²) in [5.41, 5.74) is -0.335. The second-order valence-corrected chi connectivity index (χ2v) is 9.29. The van der Waals surface area contributed by atoms with Crippen molar-refractivity contribution < 1.29 is 22.7 Å². The third kappa shape index (κ3) is 3.42. The monoisotopic (exact) mass is 440 g/mol. The Kier molecular flexibility index (Phi) is 4.33. The SMILES string of the molecule is O=C(Nc1ccc(OC(F)(F)F)cc1)C12C[C@H]3C[C@@H](C1)CC(n1cnc(Cl)n1)(C3)C2. The van der Waals surface area contributed by atoms with Crippen molar-refractivity contribution in [3.63, 3.8) is 0 Å². The zero-order chi connectivity index (χ0) is 21.1. The minimum absolute atomic E-state index is 0.0864. The van der Waals surface area contributed by atoms with Gasteiger partial charge in [-0.2, -0.15) is 0 Å². The van der Waals surface area contributed by atoms with Crippen LogP contribution in [-0.2, 0) is 10.3 Å². The highest BCUT2D eigenvalue weighted by atomic mass is 35.5. The molecule has 2 unspecified atom stereocenters. The van der Waals surface area contributed by atoms with Crippen molar-refractivity contribution >= 4 is 23.2 Å². The van der Waals surface area contributed by atoms with Gasteiger partial charge in [0.25, 0.3) is 0 Å². The number of amides is 1. The van der Waals surface area contributed by atoms with E-state index >= 15 is 0 Å². The van der Waals surface area contributed by atoms with Crippen molar-refractivity contribution in [2.75, 3.05) is 5.32 Å². The van der Waals surface area contributed by atoms with Crippen LogP contribution in [0.4, 0.5) is 18.9 Å². The molecule has 1 aromatic carbocycles. The van der Waals surface area contributed by atoms with Crippen LogP contribution < -0.4 is 10.1 Å². The number of nitrogens with zero attached hydrogens (tertiary/aromatic N) is 3. The van der Waals surface area contributed by atoms with E-state index in [4.69, 9.17) is 11.6 Å². The van der Waals surface area contributed by atoms with Gasteiger partial charge in [0.1, 0.15) is 12.1 Å². The quantitative estimate of drug-likeness (QED) is 0.744. The third-order valence-electron chi connectivity index (χ3n) is 6.81. The van der Waals surface area contributed by atoms with E-state index in [9.17, 15) is 18.0 Å². The molecule has 1 heterocycles. The Labute approximate surface area is 175 Å². The van der Waals surface area contributed by atoms with Gasteiger partial charge in [0.2, 0.25) is 11.2 Å². The van der Waals surface area contributed by atoms with Gasteiger partial charge in [-0.3, -0.25) is 4.79 Å². The van der Waals surface area contributed by atoms with Gasteiger partial charge in [0, 0.05) is 5.69 Å². The van der Waals surface area contributed by atoms with Crippen LogP contribution in [-0.4, -0.2) is 27.0 Å². The lowest BCUT2D eigenvalue weighted by Crippen LogP contribution is -2.60. The minimum atomic E-state index is -4.75. The highest BCUT2D eigenvalue weighted by Gasteiger charge is 2.61. The lowest BCUT2D eigenvalue weighted by Gasteiger charge is -2.60. The zero-order valence-corrected chi connectivity index (χ0v) is 16.7. The van der Waals surface area contributed by atoms with Crippen LogP contribution in [0.3, 0.4) is 0 Å². The molecular formula is C20H20ClF3N4O2. The van der Waals surface area contributed by atoms with Gasteiger partial charge in [-0.15, -0.1) is 18.3 Å². The Morgan fingerprint density at radius 1 is 1.17 bits per heavy atom. The molecule has 6 rings (SSSR count). The van der Waals surface area contributed by atoms with E-state index in [1.54, 1.807) is 6.33 Å². The van der Waals surface area contributed by atoms with Crippen LogP contribution in [0.25, 0.3) is 0 Å². The summed E-state index contributed by atoms with van der Waals surface area (Å²) in [4.78, 5) is 17.4. The molecule has 1 aromatic heterocycles. The summed E-state index contributed by atoms with van der Waals surface area (Å²) in [5, 5.41) is 7.46. The molecule has 0 radical (unpaired) electrons. The first-order valence-electron chi connectivity index (χ1n) is 9.90. The minimum Gasteiger partial charge on any atom is -0.406 e. The predicted molar refractivity (Wildman–Crippen MR) is 102 cm³/mol. The molecule has 1 N–H and O–H groups in total. The summed E-state index contributed by atoms with van der Waals surface area (Å²) >= 11 is 5.96. The summed E-state index contributed by atoms with van der Waals surface area (Å²) < 4.78 is 42.8. The maximum atomic E-state index is 13.4. The average molecular weight is 441 g/mol. The molecule has 10 heteroatoms. The molecule has 0 spiro atoms. The number of anilines is 1. The summed E-state index contributed by atoms with van der Waals surface area (Å²) in [6.45, 7) is 0. The van der Waals surface area contributed by atoms with Gasteiger partial charge in [-0.1, -0.05) is 0 Å². The van der Waals surface area contributed by atoms with Crippen molar-refractivity contribution in [2.24, 2.45) is 17.3 Å². The molecule has 4 aliphatic carbocycles. The fraction of sp³-hybridized carbons (Fsp3) is 0.550. The van der Waals surface area contributed by atoms with Gasteiger partial charge < -0.3 is 10.1 Å². The van der Waals surface area contributed by atoms with E-state index in [0.29, 0.717) is 23.9 Å². The third-order valence-corrected chi connectivity index (χ3v) is 6.98. The molecule has 1 amide bonds. The fourth-order valence-corrected chi connectivity index (χ4v) is 6.35. The maximum Gasteiger partial charge on any atom is 0.573 e. The van der Waals surface area contributed by atoms with E-state index in [1.807, 2.05) is 4.68 Å². The lowest BCUT2D eigenvalue weighted by atomic mass is 9.46. The molecule has 2 aromatic rings. The van der Waals surface area contributed by atoms with Crippen LogP contribution in [0.5, 0.6) is 5.75 Å². The Morgan fingerprint density at radius 2 is 1.83 bits per heavy atom. The lowest BCUT2D eigenvalue weighted by molar-refractivity contribution is -0.274. The first-order chi connectivity index (χ1) is 14.1. The number of nitrogens with one attached hydrogen (secondary N) is 1. The van der Waals surface area contributed by atoms with E-state index in [0.717, 1.165) is 32.1 Å².